The molecule has 0 saturated carbocycles. The van der Waals surface area contributed by atoms with E-state index in [0.717, 1.165) is 0 Å². The van der Waals surface area contributed by atoms with Gasteiger partial charge in [0.1, 0.15) is 0 Å². The molecule has 4 heteroatoms. The van der Waals surface area contributed by atoms with Gasteiger partial charge in [0.25, 0.3) is 16.3 Å². The van der Waals surface area contributed by atoms with Crippen LogP contribution < -0.4 is 9.73 Å². The van der Waals surface area contributed by atoms with Crippen molar-refractivity contribution in [2.45, 2.75) is 0 Å². The maximum atomic E-state index is 10.4. The van der Waals surface area contributed by atoms with Crippen LogP contribution in [0.2, 0.25) is 0 Å². The van der Waals surface area contributed by atoms with E-state index in [-0.39, 0.29) is 0 Å². The Balaban J connectivity index is 0.000000165. The summed E-state index contributed by atoms with van der Waals surface area (Å²) in [5.74, 6) is 0. The molecule has 0 saturated heterocycles. The molecule has 0 heterocycles. The summed E-state index contributed by atoms with van der Waals surface area (Å²) in [6, 6.07) is 19.1. The Morgan fingerprint density at radius 1 is 0.875 bits per heavy atom. The van der Waals surface area contributed by atoms with E-state index >= 15 is 0 Å². The van der Waals surface area contributed by atoms with Gasteiger partial charge in [-0.2, -0.15) is 0 Å². The molecule has 2 aromatic carbocycles. The Morgan fingerprint density at radius 3 is 1.56 bits per heavy atom. The van der Waals surface area contributed by atoms with Gasteiger partial charge in [0.05, 0.1) is 0 Å². The normalized spacial score (nSPS) is 11.1. The lowest BCUT2D eigenvalue weighted by atomic mass is 10.4. The molecule has 1 unspecified atom stereocenters. The summed E-state index contributed by atoms with van der Waals surface area (Å²) in [7, 11) is -2.46. The predicted molar refractivity (Wildman–Crippen MR) is 71.9 cm³/mol. The quantitative estimate of drug-likeness (QED) is 0.596. The third-order valence-corrected chi connectivity index (χ3v) is 3.46. The highest BCUT2D eigenvalue weighted by Crippen LogP contribution is 2.10. The molecule has 0 bridgehead atoms. The predicted octanol–water partition coefficient (Wildman–Crippen LogP) is 0.724. The van der Waals surface area contributed by atoms with Crippen molar-refractivity contribution < 1.29 is 9.46 Å². The summed E-state index contributed by atoms with van der Waals surface area (Å²) >= 11 is 1.17. The Labute approximate surface area is 104 Å². The zero-order chi connectivity index (χ0) is 11.8. The second-order valence-electron chi connectivity index (χ2n) is 3.33. The minimum atomic E-state index is -2.46. The van der Waals surface area contributed by atoms with Crippen LogP contribution in [-0.2, 0) is 4.57 Å². The second kappa shape index (κ2) is 7.44. The molecule has 0 aliphatic rings. The van der Waals surface area contributed by atoms with Crippen molar-refractivity contribution in [3.63, 3.8) is 0 Å². The molecule has 0 spiro atoms. The highest BCUT2D eigenvalue weighted by Gasteiger charge is 1.92. The van der Waals surface area contributed by atoms with Gasteiger partial charge in [0, 0.05) is 5.30 Å². The molecule has 82 valence electrons. The summed E-state index contributed by atoms with van der Waals surface area (Å²) < 4.78 is 11.8. The van der Waals surface area contributed by atoms with E-state index in [9.17, 15) is 4.57 Å². The molecule has 0 aliphatic heterocycles. The molecule has 16 heavy (non-hydrogen) atoms. The molecule has 1 atom stereocenters. The van der Waals surface area contributed by atoms with Gasteiger partial charge in [-0.25, -0.2) is 0 Å². The topological polar surface area (TPSA) is 37.3 Å². The average molecular weight is 248 g/mol. The van der Waals surface area contributed by atoms with Crippen LogP contribution in [0, 0.1) is 0 Å². The van der Waals surface area contributed by atoms with Crippen molar-refractivity contribution in [1.82, 2.24) is 0 Å². The fourth-order valence-corrected chi connectivity index (χ4v) is 1.98. The van der Waals surface area contributed by atoms with Gasteiger partial charge in [0.2, 0.25) is 8.03 Å². The van der Waals surface area contributed by atoms with Gasteiger partial charge in [-0.3, -0.25) is 4.57 Å². The van der Waals surface area contributed by atoms with Crippen LogP contribution >= 0.6 is 8.03 Å². The largest absolute Gasteiger partial charge is 0.343 e. The first-order valence-corrected chi connectivity index (χ1v) is 7.35. The lowest BCUT2D eigenvalue weighted by Gasteiger charge is -1.90. The molecule has 2 nitrogen and oxygen atoms in total. The summed E-state index contributed by atoms with van der Waals surface area (Å²) in [5, 5.41) is 0.516. The first kappa shape index (κ1) is 13.2. The van der Waals surface area contributed by atoms with Gasteiger partial charge in [-0.05, 0) is 12.1 Å². The molecular weight excluding hydrogens is 234 g/mol. The summed E-state index contributed by atoms with van der Waals surface area (Å²) in [5.41, 5.74) is 0. The van der Waals surface area contributed by atoms with E-state index in [4.69, 9.17) is 4.89 Å². The summed E-state index contributed by atoms with van der Waals surface area (Å²) in [6.45, 7) is 0. The van der Waals surface area contributed by atoms with E-state index < -0.39 is 8.03 Å². The number of benzene rings is 2. The molecule has 1 N–H and O–H groups in total. The van der Waals surface area contributed by atoms with Crippen LogP contribution in [0.1, 0.15) is 0 Å². The minimum absolute atomic E-state index is 0.516. The lowest BCUT2D eigenvalue weighted by Crippen LogP contribution is -1.97. The smallest absolute Gasteiger partial charge is 0.258 e. The highest BCUT2D eigenvalue weighted by molar-refractivity contribution is 7.47. The Hall–Kier alpha value is -0.838. The highest BCUT2D eigenvalue weighted by atomic mass is 31.1. The van der Waals surface area contributed by atoms with Crippen LogP contribution in [0.15, 0.2) is 60.7 Å². The van der Waals surface area contributed by atoms with Gasteiger partial charge in [-0.15, -0.1) is 4.43 Å². The first-order chi connectivity index (χ1) is 7.70. The van der Waals surface area contributed by atoms with Crippen molar-refractivity contribution in [2.75, 3.05) is 0 Å². The van der Waals surface area contributed by atoms with Crippen molar-refractivity contribution in [1.29, 1.82) is 0 Å². The zero-order valence-corrected chi connectivity index (χ0v) is 12.1. The lowest BCUT2D eigenvalue weighted by molar-refractivity contribution is 0.513. The molecule has 0 aliphatic carbocycles. The van der Waals surface area contributed by atoms with E-state index in [1.165, 1.54) is 20.7 Å². The molecular formula is C12H14AlO2P. The monoisotopic (exact) mass is 248 g/mol. The standard InChI is InChI=1S/C6H7O2P.C6H5.Al.2H/c7-9(8)6-4-2-1-3-5-6;1-2-4-6-5-3-1;;;/h1-5,9H,(H,7,8);1-5H;;;. The van der Waals surface area contributed by atoms with Crippen molar-refractivity contribution in [2.24, 2.45) is 0 Å². The van der Waals surface area contributed by atoms with E-state index in [0.29, 0.717) is 5.30 Å². The van der Waals surface area contributed by atoms with Gasteiger partial charge >= 0.3 is 0 Å². The van der Waals surface area contributed by atoms with Gasteiger partial charge < -0.3 is 4.89 Å². The van der Waals surface area contributed by atoms with E-state index in [1.54, 1.807) is 24.3 Å². The molecule has 0 radical (unpaired) electrons. The van der Waals surface area contributed by atoms with E-state index in [1.807, 2.05) is 12.1 Å². The Kier molecular flexibility index (Phi) is 6.15. The number of rotatable bonds is 1. The molecule has 0 amide bonds. The maximum absolute atomic E-state index is 10.4. The van der Waals surface area contributed by atoms with Crippen LogP contribution in [0.4, 0.5) is 0 Å². The fraction of sp³-hybridized carbons (Fsp3) is 0. The third-order valence-electron chi connectivity index (χ3n) is 1.96. The van der Waals surface area contributed by atoms with Crippen LogP contribution in [0.5, 0.6) is 0 Å². The Bertz CT molecular complexity index is 431. The second-order valence-corrected chi connectivity index (χ2v) is 5.67. The number of hydrogen-bond acceptors (Lipinski definition) is 1. The summed E-state index contributed by atoms with van der Waals surface area (Å²) in [4.78, 5) is 8.57. The minimum Gasteiger partial charge on any atom is -0.343 e. The fourth-order valence-electron chi connectivity index (χ4n) is 1.12. The maximum Gasteiger partial charge on any atom is 0.258 e. The summed E-state index contributed by atoms with van der Waals surface area (Å²) in [6.07, 6.45) is 0. The molecule has 2 rings (SSSR count). The van der Waals surface area contributed by atoms with Gasteiger partial charge in [0.15, 0.2) is 0 Å². The van der Waals surface area contributed by atoms with Crippen LogP contribution in [0.25, 0.3) is 0 Å². The van der Waals surface area contributed by atoms with Crippen molar-refractivity contribution in [3.8, 4) is 0 Å². The van der Waals surface area contributed by atoms with E-state index in [2.05, 4.69) is 24.3 Å². The molecule has 0 fully saturated rings. The van der Waals surface area contributed by atoms with Gasteiger partial charge in [-0.1, -0.05) is 48.5 Å². The Morgan fingerprint density at radius 2 is 1.31 bits per heavy atom. The van der Waals surface area contributed by atoms with Crippen molar-refractivity contribution >= 4 is 34.0 Å². The average Bonchev–Trinajstić information content (AvgIpc) is 2.32. The zero-order valence-electron chi connectivity index (χ0n) is 9.13. The van der Waals surface area contributed by atoms with Crippen LogP contribution in [-0.4, -0.2) is 21.2 Å². The SMILES string of the molecule is O=[PH](O)c1ccccc1.[AlH2][c]1ccccc1. The number of hydrogen-bond donors (Lipinski definition) is 1. The third kappa shape index (κ3) is 5.30. The molecule has 2 aromatic rings. The van der Waals surface area contributed by atoms with Crippen LogP contribution in [0.3, 0.4) is 0 Å². The van der Waals surface area contributed by atoms with Crippen molar-refractivity contribution in [3.05, 3.63) is 60.7 Å². The first-order valence-electron chi connectivity index (χ1n) is 5.00. The molecule has 0 aromatic heterocycles.